The molecule has 1 aliphatic rings. The largest absolute Gasteiger partial charge is 0.377 e. The van der Waals surface area contributed by atoms with Gasteiger partial charge in [-0.3, -0.25) is 0 Å². The first-order valence-electron chi connectivity index (χ1n) is 6.92. The third-order valence-electron chi connectivity index (χ3n) is 3.25. The predicted molar refractivity (Wildman–Crippen MR) is 80.2 cm³/mol. The molecule has 2 atom stereocenters. The minimum Gasteiger partial charge on any atom is -0.377 e. The Morgan fingerprint density at radius 2 is 2.42 bits per heavy atom. The van der Waals surface area contributed by atoms with Crippen molar-refractivity contribution in [3.8, 4) is 0 Å². The first-order chi connectivity index (χ1) is 9.24. The number of hydrogen-bond donors (Lipinski definition) is 1. The first kappa shape index (κ1) is 15.0. The Kier molecular flexibility index (Phi) is 6.31. The average Bonchev–Trinajstić information content (AvgIpc) is 2.90. The van der Waals surface area contributed by atoms with E-state index >= 15 is 0 Å². The van der Waals surface area contributed by atoms with E-state index in [2.05, 4.69) is 40.3 Å². The van der Waals surface area contributed by atoms with Crippen LogP contribution in [0.2, 0.25) is 0 Å². The van der Waals surface area contributed by atoms with Gasteiger partial charge in [0.2, 0.25) is 0 Å². The summed E-state index contributed by atoms with van der Waals surface area (Å²) in [5.41, 5.74) is 1.19. The summed E-state index contributed by atoms with van der Waals surface area (Å²) in [7, 11) is 0. The van der Waals surface area contributed by atoms with Gasteiger partial charge in [0.25, 0.3) is 0 Å². The molecule has 0 saturated carbocycles. The molecular formula is C15H22BrNO2. The lowest BCUT2D eigenvalue weighted by Crippen LogP contribution is -2.32. The van der Waals surface area contributed by atoms with Gasteiger partial charge < -0.3 is 14.8 Å². The summed E-state index contributed by atoms with van der Waals surface area (Å²) in [6.07, 6.45) is 2.99. The minimum atomic E-state index is 0.209. The molecule has 1 aliphatic heterocycles. The van der Waals surface area contributed by atoms with Crippen molar-refractivity contribution >= 4 is 15.9 Å². The van der Waals surface area contributed by atoms with E-state index in [9.17, 15) is 0 Å². The van der Waals surface area contributed by atoms with Gasteiger partial charge in [-0.1, -0.05) is 28.1 Å². The Morgan fingerprint density at radius 1 is 1.53 bits per heavy atom. The zero-order valence-corrected chi connectivity index (χ0v) is 13.0. The van der Waals surface area contributed by atoms with Gasteiger partial charge in [0, 0.05) is 24.2 Å². The molecule has 1 heterocycles. The zero-order chi connectivity index (χ0) is 13.5. The highest BCUT2D eigenvalue weighted by Crippen LogP contribution is 2.13. The Bertz CT molecular complexity index is 380. The van der Waals surface area contributed by atoms with Gasteiger partial charge in [0.15, 0.2) is 0 Å². The van der Waals surface area contributed by atoms with E-state index in [1.807, 2.05) is 12.1 Å². The fourth-order valence-electron chi connectivity index (χ4n) is 2.18. The first-order valence-corrected chi connectivity index (χ1v) is 7.71. The van der Waals surface area contributed by atoms with E-state index in [0.717, 1.165) is 24.2 Å². The Balaban J connectivity index is 1.60. The molecular weight excluding hydrogens is 306 g/mol. The SMILES string of the molecule is CC(CNCC1CCCO1)OCc1cccc(Br)c1. The van der Waals surface area contributed by atoms with Crippen molar-refractivity contribution in [1.82, 2.24) is 5.32 Å². The summed E-state index contributed by atoms with van der Waals surface area (Å²) in [5, 5.41) is 3.42. The maximum absolute atomic E-state index is 5.82. The summed E-state index contributed by atoms with van der Waals surface area (Å²) < 4.78 is 12.5. The maximum atomic E-state index is 5.82. The van der Waals surface area contributed by atoms with Crippen LogP contribution < -0.4 is 5.32 Å². The average molecular weight is 328 g/mol. The monoisotopic (exact) mass is 327 g/mol. The molecule has 19 heavy (non-hydrogen) atoms. The highest BCUT2D eigenvalue weighted by Gasteiger charge is 2.14. The highest BCUT2D eigenvalue weighted by molar-refractivity contribution is 9.10. The van der Waals surface area contributed by atoms with Gasteiger partial charge in [-0.15, -0.1) is 0 Å². The standard InChI is InChI=1S/C15H22BrNO2/c1-12(9-17-10-15-6-3-7-18-15)19-11-13-4-2-5-14(16)8-13/h2,4-5,8,12,15,17H,3,6-7,9-11H2,1H3. The Labute approximate surface area is 123 Å². The second-order valence-corrected chi connectivity index (χ2v) is 5.96. The molecule has 0 aromatic heterocycles. The molecule has 1 aromatic carbocycles. The summed E-state index contributed by atoms with van der Waals surface area (Å²) in [5.74, 6) is 0. The molecule has 2 rings (SSSR count). The van der Waals surface area contributed by atoms with Crippen molar-refractivity contribution in [2.45, 2.75) is 38.6 Å². The summed E-state index contributed by atoms with van der Waals surface area (Å²) in [6.45, 7) is 5.47. The van der Waals surface area contributed by atoms with Gasteiger partial charge in [0.1, 0.15) is 0 Å². The topological polar surface area (TPSA) is 30.5 Å². The van der Waals surface area contributed by atoms with Crippen molar-refractivity contribution in [1.29, 1.82) is 0 Å². The fourth-order valence-corrected chi connectivity index (χ4v) is 2.62. The number of rotatable bonds is 7. The summed E-state index contributed by atoms with van der Waals surface area (Å²) in [4.78, 5) is 0. The van der Waals surface area contributed by atoms with E-state index in [4.69, 9.17) is 9.47 Å². The summed E-state index contributed by atoms with van der Waals surface area (Å²) in [6, 6.07) is 8.23. The van der Waals surface area contributed by atoms with Crippen molar-refractivity contribution in [2.24, 2.45) is 0 Å². The number of nitrogens with one attached hydrogen (secondary N) is 1. The van der Waals surface area contributed by atoms with Crippen LogP contribution in [0.25, 0.3) is 0 Å². The molecule has 1 fully saturated rings. The lowest BCUT2D eigenvalue weighted by Gasteiger charge is -2.16. The summed E-state index contributed by atoms with van der Waals surface area (Å²) >= 11 is 3.47. The normalized spacial score (nSPS) is 20.6. The van der Waals surface area contributed by atoms with Gasteiger partial charge in [-0.05, 0) is 37.5 Å². The fraction of sp³-hybridized carbons (Fsp3) is 0.600. The Morgan fingerprint density at radius 3 is 3.16 bits per heavy atom. The Hall–Kier alpha value is -0.420. The minimum absolute atomic E-state index is 0.209. The van der Waals surface area contributed by atoms with Crippen LogP contribution in [0.1, 0.15) is 25.3 Å². The van der Waals surface area contributed by atoms with Gasteiger partial charge in [-0.2, -0.15) is 0 Å². The number of halogens is 1. The van der Waals surface area contributed by atoms with Crippen LogP contribution in [0.15, 0.2) is 28.7 Å². The molecule has 1 saturated heterocycles. The molecule has 1 N–H and O–H groups in total. The molecule has 1 aromatic rings. The smallest absolute Gasteiger partial charge is 0.0721 e. The number of ether oxygens (including phenoxy) is 2. The van der Waals surface area contributed by atoms with Crippen molar-refractivity contribution in [3.63, 3.8) is 0 Å². The quantitative estimate of drug-likeness (QED) is 0.834. The van der Waals surface area contributed by atoms with Crippen LogP contribution in [-0.4, -0.2) is 31.9 Å². The second kappa shape index (κ2) is 8.00. The van der Waals surface area contributed by atoms with Crippen LogP contribution >= 0.6 is 15.9 Å². The van der Waals surface area contributed by atoms with Gasteiger partial charge >= 0.3 is 0 Å². The van der Waals surface area contributed by atoms with E-state index in [1.165, 1.54) is 18.4 Å². The lowest BCUT2D eigenvalue weighted by atomic mass is 10.2. The van der Waals surface area contributed by atoms with Crippen LogP contribution in [0.3, 0.4) is 0 Å². The zero-order valence-electron chi connectivity index (χ0n) is 11.4. The van der Waals surface area contributed by atoms with Crippen LogP contribution in [0, 0.1) is 0 Å². The predicted octanol–water partition coefficient (Wildman–Crippen LogP) is 3.12. The van der Waals surface area contributed by atoms with E-state index in [0.29, 0.717) is 12.7 Å². The molecule has 0 aliphatic carbocycles. The number of benzene rings is 1. The molecule has 0 bridgehead atoms. The molecule has 3 nitrogen and oxygen atoms in total. The van der Waals surface area contributed by atoms with Gasteiger partial charge in [0.05, 0.1) is 18.8 Å². The highest BCUT2D eigenvalue weighted by atomic mass is 79.9. The molecule has 4 heteroatoms. The number of hydrogen-bond acceptors (Lipinski definition) is 3. The maximum Gasteiger partial charge on any atom is 0.0721 e. The lowest BCUT2D eigenvalue weighted by molar-refractivity contribution is 0.0485. The third kappa shape index (κ3) is 5.61. The molecule has 0 radical (unpaired) electrons. The van der Waals surface area contributed by atoms with Crippen LogP contribution in [0.5, 0.6) is 0 Å². The van der Waals surface area contributed by atoms with Crippen molar-refractivity contribution in [2.75, 3.05) is 19.7 Å². The molecule has 2 unspecified atom stereocenters. The molecule has 0 amide bonds. The van der Waals surface area contributed by atoms with Gasteiger partial charge in [-0.25, -0.2) is 0 Å². The van der Waals surface area contributed by atoms with E-state index in [-0.39, 0.29) is 6.10 Å². The van der Waals surface area contributed by atoms with E-state index in [1.54, 1.807) is 0 Å². The van der Waals surface area contributed by atoms with Crippen molar-refractivity contribution in [3.05, 3.63) is 34.3 Å². The molecule has 106 valence electrons. The van der Waals surface area contributed by atoms with Crippen molar-refractivity contribution < 1.29 is 9.47 Å². The third-order valence-corrected chi connectivity index (χ3v) is 3.74. The van der Waals surface area contributed by atoms with Crippen LogP contribution in [-0.2, 0) is 16.1 Å². The molecule has 0 spiro atoms. The van der Waals surface area contributed by atoms with Crippen LogP contribution in [0.4, 0.5) is 0 Å². The van der Waals surface area contributed by atoms with E-state index < -0.39 is 0 Å². The second-order valence-electron chi connectivity index (χ2n) is 5.04.